The van der Waals surface area contributed by atoms with Crippen LogP contribution in [0, 0.1) is 0 Å². The van der Waals surface area contributed by atoms with E-state index >= 15 is 0 Å². The zero-order valence-electron chi connectivity index (χ0n) is 9.27. The van der Waals surface area contributed by atoms with Gasteiger partial charge in [-0.05, 0) is 24.3 Å². The zero-order valence-corrected chi connectivity index (χ0v) is 11.7. The molecule has 2 aromatic rings. The van der Waals surface area contributed by atoms with E-state index in [1.165, 1.54) is 21.2 Å². The Morgan fingerprint density at radius 3 is 2.47 bits per heavy atom. The van der Waals surface area contributed by atoms with Crippen molar-refractivity contribution in [1.82, 2.24) is 0 Å². The third kappa shape index (κ3) is 1.89. The van der Waals surface area contributed by atoms with E-state index in [-0.39, 0.29) is 0 Å². The van der Waals surface area contributed by atoms with Crippen molar-refractivity contribution in [3.8, 4) is 0 Å². The second kappa shape index (κ2) is 4.11. The van der Waals surface area contributed by atoms with Gasteiger partial charge in [-0.25, -0.2) is 0 Å². The van der Waals surface area contributed by atoms with Gasteiger partial charge in [0.2, 0.25) is 0 Å². The van der Waals surface area contributed by atoms with Gasteiger partial charge in [-0.1, -0.05) is 45.3 Å². The normalized spacial score (nSPS) is 13.2. The molecule has 17 heavy (non-hydrogen) atoms. The van der Waals surface area contributed by atoms with Crippen LogP contribution in [0.4, 0.5) is 11.4 Å². The Labute approximate surface area is 115 Å². The summed E-state index contributed by atoms with van der Waals surface area (Å²) in [5.41, 5.74) is 3.25. The maximum atomic E-state index is 5.84. The van der Waals surface area contributed by atoms with Gasteiger partial charge in [0.25, 0.3) is 0 Å². The largest absolute Gasteiger partial charge is 0.343 e. The first-order valence-electron chi connectivity index (χ1n) is 5.26. The number of hydrogen-bond acceptors (Lipinski definition) is 2. The van der Waals surface area contributed by atoms with Crippen LogP contribution in [-0.2, 0) is 0 Å². The average Bonchev–Trinajstić information content (AvgIpc) is 2.28. The molecule has 0 atom stereocenters. The number of fused-ring (bicyclic) bond motifs is 2. The minimum absolute atomic E-state index is 0.808. The van der Waals surface area contributed by atoms with E-state index in [1.807, 2.05) is 12.1 Å². The minimum atomic E-state index is 0.808. The molecule has 0 amide bonds. The fraction of sp³-hybridized carbons (Fsp3) is 0.0769. The van der Waals surface area contributed by atoms with Gasteiger partial charge in [0.05, 0.1) is 11.4 Å². The maximum Gasteiger partial charge on any atom is 0.113 e. The second-order valence-corrected chi connectivity index (χ2v) is 6.00. The highest BCUT2D eigenvalue weighted by molar-refractivity contribution is 9.10. The van der Waals surface area contributed by atoms with Gasteiger partial charge in [-0.3, -0.25) is 0 Å². The molecule has 0 spiro atoms. The predicted molar refractivity (Wildman–Crippen MR) is 78.2 cm³/mol. The molecule has 1 heterocycles. The monoisotopic (exact) mass is 301 g/mol. The first-order valence-corrected chi connectivity index (χ1v) is 6.87. The fourth-order valence-corrected chi connectivity index (χ4v) is 3.73. The topological polar surface area (TPSA) is 3.24 Å². The van der Waals surface area contributed by atoms with Gasteiger partial charge in [0.1, 0.15) is 7.85 Å². The van der Waals surface area contributed by atoms with Gasteiger partial charge in [-0.15, -0.1) is 0 Å². The van der Waals surface area contributed by atoms with Crippen LogP contribution in [0.2, 0.25) is 0 Å². The van der Waals surface area contributed by atoms with Crippen molar-refractivity contribution in [3.63, 3.8) is 0 Å². The highest BCUT2D eigenvalue weighted by Gasteiger charge is 2.20. The van der Waals surface area contributed by atoms with E-state index in [0.717, 1.165) is 9.94 Å². The zero-order chi connectivity index (χ0) is 12.0. The molecular weight excluding hydrogens is 293 g/mol. The molecular formula is C13H9BBrNS. The van der Waals surface area contributed by atoms with E-state index in [4.69, 9.17) is 7.85 Å². The molecule has 0 saturated carbocycles. The first-order chi connectivity index (χ1) is 8.15. The van der Waals surface area contributed by atoms with Crippen molar-refractivity contribution >= 4 is 52.4 Å². The van der Waals surface area contributed by atoms with Crippen molar-refractivity contribution in [2.24, 2.45) is 0 Å². The minimum Gasteiger partial charge on any atom is -0.343 e. The van der Waals surface area contributed by atoms with E-state index in [1.54, 1.807) is 11.8 Å². The Bertz CT molecular complexity index is 548. The summed E-state index contributed by atoms with van der Waals surface area (Å²) in [6.07, 6.45) is 0. The lowest BCUT2D eigenvalue weighted by Crippen LogP contribution is -2.16. The van der Waals surface area contributed by atoms with Crippen molar-refractivity contribution in [2.75, 3.05) is 11.9 Å². The Hall–Kier alpha value is -0.865. The maximum absolute atomic E-state index is 5.84. The smallest absolute Gasteiger partial charge is 0.113 e. The quantitative estimate of drug-likeness (QED) is 0.686. The van der Waals surface area contributed by atoms with E-state index < -0.39 is 0 Å². The molecule has 1 aliphatic heterocycles. The van der Waals surface area contributed by atoms with E-state index in [9.17, 15) is 0 Å². The first kappa shape index (κ1) is 11.2. The van der Waals surface area contributed by atoms with Gasteiger partial charge in [0, 0.05) is 21.3 Å². The van der Waals surface area contributed by atoms with Crippen LogP contribution in [-0.4, -0.2) is 14.9 Å². The van der Waals surface area contributed by atoms with Crippen LogP contribution < -0.4 is 10.4 Å². The lowest BCUT2D eigenvalue weighted by Gasteiger charge is -2.29. The molecule has 82 valence electrons. The highest BCUT2D eigenvalue weighted by Crippen LogP contribution is 2.47. The molecule has 3 rings (SSSR count). The molecule has 0 aromatic heterocycles. The van der Waals surface area contributed by atoms with Crippen LogP contribution in [0.3, 0.4) is 0 Å². The summed E-state index contributed by atoms with van der Waals surface area (Å²) in [7, 11) is 7.92. The number of halogens is 1. The molecule has 0 bridgehead atoms. The van der Waals surface area contributed by atoms with Gasteiger partial charge < -0.3 is 4.90 Å². The highest BCUT2D eigenvalue weighted by atomic mass is 79.9. The Kier molecular flexibility index (Phi) is 2.71. The average molecular weight is 302 g/mol. The molecule has 4 heteroatoms. The molecule has 0 N–H and O–H groups in total. The summed E-state index contributed by atoms with van der Waals surface area (Å²) in [6.45, 7) is 0. The second-order valence-electron chi connectivity index (χ2n) is 4.00. The third-order valence-electron chi connectivity index (χ3n) is 2.85. The Morgan fingerprint density at radius 1 is 1.06 bits per heavy atom. The molecule has 2 aromatic carbocycles. The van der Waals surface area contributed by atoms with Crippen LogP contribution in [0.1, 0.15) is 0 Å². The number of rotatable bonds is 0. The molecule has 0 unspecified atom stereocenters. The van der Waals surface area contributed by atoms with Crippen LogP contribution >= 0.6 is 27.7 Å². The number of nitrogens with zero attached hydrogens (tertiary/aromatic N) is 1. The molecule has 1 nitrogen and oxygen atoms in total. The standard InChI is InChI=1S/C13H9BBrNS/c1-16-10-4-2-8(14)6-12(10)17-13-7-9(15)3-5-11(13)16/h2-7H,1H3. The van der Waals surface area contributed by atoms with Crippen molar-refractivity contribution in [1.29, 1.82) is 0 Å². The molecule has 1 aliphatic rings. The van der Waals surface area contributed by atoms with E-state index in [0.29, 0.717) is 0 Å². The molecule has 0 fully saturated rings. The van der Waals surface area contributed by atoms with Crippen LogP contribution in [0.5, 0.6) is 0 Å². The number of benzene rings is 2. The fourth-order valence-electron chi connectivity index (χ4n) is 1.98. The lowest BCUT2D eigenvalue weighted by molar-refractivity contribution is 1.11. The number of hydrogen-bond donors (Lipinski definition) is 0. The summed E-state index contributed by atoms with van der Waals surface area (Å²) in [6, 6.07) is 12.4. The van der Waals surface area contributed by atoms with Crippen molar-refractivity contribution in [2.45, 2.75) is 9.79 Å². The molecule has 2 radical (unpaired) electrons. The van der Waals surface area contributed by atoms with Gasteiger partial charge >= 0.3 is 0 Å². The van der Waals surface area contributed by atoms with Crippen molar-refractivity contribution < 1.29 is 0 Å². The van der Waals surface area contributed by atoms with Crippen LogP contribution in [0.25, 0.3) is 0 Å². The van der Waals surface area contributed by atoms with Gasteiger partial charge in [-0.2, -0.15) is 0 Å². The number of anilines is 2. The van der Waals surface area contributed by atoms with Crippen molar-refractivity contribution in [3.05, 3.63) is 40.9 Å². The Morgan fingerprint density at radius 2 is 1.71 bits per heavy atom. The Balaban J connectivity index is 2.17. The van der Waals surface area contributed by atoms with Crippen LogP contribution in [0.15, 0.2) is 50.7 Å². The summed E-state index contributed by atoms with van der Waals surface area (Å²) in [5.74, 6) is 0. The SMILES string of the molecule is [B]c1ccc2c(c1)Sc1cc(Br)ccc1N2C. The summed E-state index contributed by atoms with van der Waals surface area (Å²) in [4.78, 5) is 4.66. The van der Waals surface area contributed by atoms with E-state index in [2.05, 4.69) is 52.1 Å². The summed E-state index contributed by atoms with van der Waals surface area (Å²) < 4.78 is 1.10. The van der Waals surface area contributed by atoms with Gasteiger partial charge in [0.15, 0.2) is 0 Å². The molecule has 0 saturated heterocycles. The summed E-state index contributed by atoms with van der Waals surface area (Å²) >= 11 is 5.27. The molecule has 0 aliphatic carbocycles. The summed E-state index contributed by atoms with van der Waals surface area (Å²) in [5, 5.41) is 0. The lowest BCUT2D eigenvalue weighted by atomic mass is 9.96. The predicted octanol–water partition coefficient (Wildman–Crippen LogP) is 3.48. The third-order valence-corrected chi connectivity index (χ3v) is 4.44.